The number of hydrogen-bond donors (Lipinski definition) is 2. The molecule has 0 saturated heterocycles. The van der Waals surface area contributed by atoms with Gasteiger partial charge in [-0.05, 0) is 35.4 Å². The van der Waals surface area contributed by atoms with E-state index >= 15 is 0 Å². The number of carbonyl (C=O) groups excluding carboxylic acids is 2. The normalized spacial score (nSPS) is 16.9. The molecule has 2 heterocycles. The molecule has 0 aromatic heterocycles. The van der Waals surface area contributed by atoms with E-state index in [1.54, 1.807) is 0 Å². The van der Waals surface area contributed by atoms with Crippen LogP contribution in [0.2, 0.25) is 0 Å². The van der Waals surface area contributed by atoms with Crippen molar-refractivity contribution in [1.29, 1.82) is 0 Å². The molecule has 0 aliphatic carbocycles. The van der Waals surface area contributed by atoms with Crippen LogP contribution in [-0.4, -0.2) is 29.5 Å². The predicted molar refractivity (Wildman–Crippen MR) is 114 cm³/mol. The lowest BCUT2D eigenvalue weighted by Crippen LogP contribution is -2.25. The van der Waals surface area contributed by atoms with E-state index in [2.05, 4.69) is 10.3 Å². The molecule has 4 rings (SSSR count). The Kier molecular flexibility index (Phi) is 6.10. The van der Waals surface area contributed by atoms with Crippen LogP contribution in [0, 0.1) is 0 Å². The van der Waals surface area contributed by atoms with E-state index in [9.17, 15) is 45.8 Å². The number of aliphatic carboxylic acids is 1. The third-order valence-electron chi connectivity index (χ3n) is 5.72. The van der Waals surface area contributed by atoms with Gasteiger partial charge in [-0.1, -0.05) is 6.07 Å². The van der Waals surface area contributed by atoms with Crippen LogP contribution in [0.25, 0.3) is 0 Å². The molecule has 2 aliphatic heterocycles. The highest BCUT2D eigenvalue weighted by atomic mass is 19.4. The number of Topliss-reactive ketones (excluding diaryl/α,β-unsaturated/α-hetero) is 1. The molecule has 0 saturated carbocycles. The summed E-state index contributed by atoms with van der Waals surface area (Å²) in [6.07, 6.45) is -8.10. The summed E-state index contributed by atoms with van der Waals surface area (Å²) in [6, 6.07) is 3.93. The summed E-state index contributed by atoms with van der Waals surface area (Å²) in [5, 5.41) is 11.6. The first kappa shape index (κ1) is 24.9. The second-order valence-electron chi connectivity index (χ2n) is 8.03. The van der Waals surface area contributed by atoms with Crippen molar-refractivity contribution < 1.29 is 45.8 Å². The summed E-state index contributed by atoms with van der Waals surface area (Å²) in [5.74, 6) is -2.88. The first-order valence-electron chi connectivity index (χ1n) is 10.2. The molecule has 188 valence electrons. The van der Waals surface area contributed by atoms with E-state index < -0.39 is 54.1 Å². The zero-order valence-electron chi connectivity index (χ0n) is 17.9. The highest BCUT2D eigenvalue weighted by Crippen LogP contribution is 2.50. The number of anilines is 2. The maximum absolute atomic E-state index is 13.3. The number of benzene rings is 2. The van der Waals surface area contributed by atoms with Crippen molar-refractivity contribution in [2.24, 2.45) is 4.99 Å². The number of aliphatic imine (C=N–C) groups is 1. The van der Waals surface area contributed by atoms with E-state index in [-0.39, 0.29) is 46.2 Å². The number of allylic oxidation sites excluding steroid dienone is 1. The van der Waals surface area contributed by atoms with E-state index in [1.165, 1.54) is 23.2 Å². The molecule has 7 nitrogen and oxygen atoms in total. The molecule has 2 aliphatic rings. The number of hydrogen-bond acceptors (Lipinski definition) is 5. The number of nitrogens with zero attached hydrogens (tertiary/aromatic N) is 2. The third kappa shape index (κ3) is 4.55. The van der Waals surface area contributed by atoms with Gasteiger partial charge in [0.2, 0.25) is 6.41 Å². The Bertz CT molecular complexity index is 1300. The molecule has 1 unspecified atom stereocenters. The second-order valence-corrected chi connectivity index (χ2v) is 8.03. The molecular formula is C23H15F6N3O4. The number of carboxylic acids is 1. The number of carbonyl (C=O) groups is 3. The Hall–Kier alpha value is -4.16. The minimum absolute atomic E-state index is 0.0161. The fraction of sp³-hybridized carbons (Fsp3) is 0.217. The molecule has 0 radical (unpaired) electrons. The molecule has 1 atom stereocenters. The number of carboxylic acid groups (broad SMARTS) is 1. The molecule has 13 heteroatoms. The number of rotatable bonds is 6. The van der Waals surface area contributed by atoms with E-state index in [4.69, 9.17) is 0 Å². The highest BCUT2D eigenvalue weighted by Gasteiger charge is 2.43. The topological polar surface area (TPSA) is 99.1 Å². The lowest BCUT2D eigenvalue weighted by molar-refractivity contribution is -0.143. The number of nitrogens with one attached hydrogen (secondary N) is 1. The van der Waals surface area contributed by atoms with Gasteiger partial charge in [-0.3, -0.25) is 19.4 Å². The molecule has 2 aromatic carbocycles. The quantitative estimate of drug-likeness (QED) is 0.439. The van der Waals surface area contributed by atoms with E-state index in [0.29, 0.717) is 12.1 Å². The molecule has 1 amide bonds. The van der Waals surface area contributed by atoms with Crippen molar-refractivity contribution in [3.63, 3.8) is 0 Å². The number of amides is 1. The van der Waals surface area contributed by atoms with Crippen LogP contribution < -0.4 is 10.2 Å². The van der Waals surface area contributed by atoms with Crippen molar-refractivity contribution in [1.82, 2.24) is 0 Å². The fourth-order valence-electron chi connectivity index (χ4n) is 4.33. The number of halogens is 6. The predicted octanol–water partition coefficient (Wildman–Crippen LogP) is 4.52. The van der Waals surface area contributed by atoms with Gasteiger partial charge in [0.15, 0.2) is 5.78 Å². The molecule has 0 spiro atoms. The van der Waals surface area contributed by atoms with Gasteiger partial charge in [0.05, 0.1) is 41.1 Å². The summed E-state index contributed by atoms with van der Waals surface area (Å²) in [7, 11) is 0. The van der Waals surface area contributed by atoms with Gasteiger partial charge in [0, 0.05) is 24.0 Å². The Morgan fingerprint density at radius 3 is 2.28 bits per heavy atom. The monoisotopic (exact) mass is 511 g/mol. The standard InChI is InChI=1S/C23H15F6N3O4/c24-22(25,26)13-3-11(4-14(6-13)23(27,28)29)9-32-15-2-1-12(5-18(35)36)21(31-10-33)20(15)19-16(32)7-30-8-17(19)34/h1-4,6-8,10,19H,5,9H2,(H,31,33)(H,35,36). The average molecular weight is 511 g/mol. The first-order valence-corrected chi connectivity index (χ1v) is 10.2. The smallest absolute Gasteiger partial charge is 0.416 e. The van der Waals surface area contributed by atoms with Gasteiger partial charge >= 0.3 is 18.3 Å². The lowest BCUT2D eigenvalue weighted by atomic mass is 9.90. The zero-order valence-corrected chi connectivity index (χ0v) is 17.9. The molecule has 36 heavy (non-hydrogen) atoms. The number of alkyl halides is 6. The van der Waals surface area contributed by atoms with Crippen LogP contribution >= 0.6 is 0 Å². The van der Waals surface area contributed by atoms with Crippen molar-refractivity contribution >= 4 is 35.8 Å². The summed E-state index contributed by atoms with van der Waals surface area (Å²) in [5.41, 5.74) is -2.61. The highest BCUT2D eigenvalue weighted by molar-refractivity contribution is 6.33. The van der Waals surface area contributed by atoms with Gasteiger partial charge in [-0.2, -0.15) is 26.3 Å². The first-order chi connectivity index (χ1) is 16.8. The number of fused-ring (bicyclic) bond motifs is 3. The van der Waals surface area contributed by atoms with Gasteiger partial charge in [0.1, 0.15) is 0 Å². The van der Waals surface area contributed by atoms with E-state index in [0.717, 1.165) is 6.21 Å². The molecule has 2 N–H and O–H groups in total. The maximum Gasteiger partial charge on any atom is 0.416 e. The molecule has 2 aromatic rings. The van der Waals surface area contributed by atoms with Crippen LogP contribution in [0.3, 0.4) is 0 Å². The minimum atomic E-state index is -5.04. The van der Waals surface area contributed by atoms with Gasteiger partial charge in [0.25, 0.3) is 0 Å². The zero-order chi connectivity index (χ0) is 26.4. The van der Waals surface area contributed by atoms with Gasteiger partial charge in [-0.15, -0.1) is 0 Å². The summed E-state index contributed by atoms with van der Waals surface area (Å²) in [6.45, 7) is -0.496. The minimum Gasteiger partial charge on any atom is -0.481 e. The third-order valence-corrected chi connectivity index (χ3v) is 5.72. The van der Waals surface area contributed by atoms with Crippen molar-refractivity contribution in [3.05, 3.63) is 70.0 Å². The van der Waals surface area contributed by atoms with Gasteiger partial charge in [-0.25, -0.2) is 0 Å². The van der Waals surface area contributed by atoms with Gasteiger partial charge < -0.3 is 15.3 Å². The summed E-state index contributed by atoms with van der Waals surface area (Å²) >= 11 is 0. The molecular weight excluding hydrogens is 496 g/mol. The van der Waals surface area contributed by atoms with Crippen molar-refractivity contribution in [2.45, 2.75) is 31.2 Å². The van der Waals surface area contributed by atoms with Crippen LogP contribution in [0.5, 0.6) is 0 Å². The summed E-state index contributed by atoms with van der Waals surface area (Å²) < 4.78 is 80.1. The average Bonchev–Trinajstić information content (AvgIpc) is 3.08. The molecule has 0 bridgehead atoms. The van der Waals surface area contributed by atoms with Crippen LogP contribution in [-0.2, 0) is 39.7 Å². The van der Waals surface area contributed by atoms with E-state index in [1.807, 2.05) is 0 Å². The Labute approximate surface area is 198 Å². The Morgan fingerprint density at radius 1 is 1.08 bits per heavy atom. The second kappa shape index (κ2) is 8.81. The number of ketones is 1. The van der Waals surface area contributed by atoms with Crippen LogP contribution in [0.1, 0.15) is 33.7 Å². The van der Waals surface area contributed by atoms with Crippen molar-refractivity contribution in [2.75, 3.05) is 10.2 Å². The fourth-order valence-corrected chi connectivity index (χ4v) is 4.33. The van der Waals surface area contributed by atoms with Crippen LogP contribution in [0.15, 0.2) is 47.2 Å². The Morgan fingerprint density at radius 2 is 1.72 bits per heavy atom. The summed E-state index contributed by atoms with van der Waals surface area (Å²) in [4.78, 5) is 40.5. The lowest BCUT2D eigenvalue weighted by Gasteiger charge is -2.24. The largest absolute Gasteiger partial charge is 0.481 e. The maximum atomic E-state index is 13.3. The molecule has 0 fully saturated rings. The Balaban J connectivity index is 1.88. The SMILES string of the molecule is O=CNc1c(CC(=O)O)ccc2c1C1C(=O)C=NC=C1N2Cc1cc(C(F)(F)F)cc(C(F)(F)F)c1. The van der Waals surface area contributed by atoms with Crippen molar-refractivity contribution in [3.8, 4) is 0 Å². The van der Waals surface area contributed by atoms with Crippen LogP contribution in [0.4, 0.5) is 37.7 Å².